The van der Waals surface area contributed by atoms with Crippen LogP contribution in [0, 0.1) is 5.92 Å². The molecule has 1 aliphatic rings. The molecule has 0 amide bonds. The Morgan fingerprint density at radius 3 is 2.24 bits per heavy atom. The predicted octanol–water partition coefficient (Wildman–Crippen LogP) is 1.39. The van der Waals surface area contributed by atoms with Crippen LogP contribution in [-0.2, 0) is 0 Å². The minimum Gasteiger partial charge on any atom is -0.396 e. The van der Waals surface area contributed by atoms with Crippen LogP contribution in [0.15, 0.2) is 0 Å². The summed E-state index contributed by atoms with van der Waals surface area (Å²) >= 11 is 0. The van der Waals surface area contributed by atoms with Crippen LogP contribution in [0.3, 0.4) is 0 Å². The molecule has 17 heavy (non-hydrogen) atoms. The van der Waals surface area contributed by atoms with Gasteiger partial charge in [-0.15, -0.1) is 0 Å². The third-order valence-corrected chi connectivity index (χ3v) is 3.30. The van der Waals surface area contributed by atoms with Crippen molar-refractivity contribution in [2.45, 2.75) is 38.0 Å². The third-order valence-electron chi connectivity index (χ3n) is 3.30. The van der Waals surface area contributed by atoms with Gasteiger partial charge in [0.15, 0.2) is 6.10 Å². The Morgan fingerprint density at radius 2 is 1.76 bits per heavy atom. The minimum absolute atomic E-state index is 0.156. The van der Waals surface area contributed by atoms with Gasteiger partial charge in [-0.3, -0.25) is 0 Å². The van der Waals surface area contributed by atoms with E-state index in [4.69, 9.17) is 10.2 Å². The molecule has 1 aliphatic heterocycles. The molecule has 6 heteroatoms. The number of hydrogen-bond donors (Lipinski definition) is 2. The lowest BCUT2D eigenvalue weighted by atomic mass is 9.91. The van der Waals surface area contributed by atoms with Crippen molar-refractivity contribution in [3.05, 3.63) is 0 Å². The molecule has 102 valence electrons. The Bertz CT molecular complexity index is 215. The summed E-state index contributed by atoms with van der Waals surface area (Å²) in [6.07, 6.45) is -4.31. The molecule has 2 N–H and O–H groups in total. The average molecular weight is 255 g/mol. The van der Waals surface area contributed by atoms with E-state index >= 15 is 0 Å². The van der Waals surface area contributed by atoms with Crippen molar-refractivity contribution >= 4 is 0 Å². The number of halogens is 3. The number of piperidine rings is 1. The maximum atomic E-state index is 12.3. The molecule has 1 heterocycles. The van der Waals surface area contributed by atoms with Crippen LogP contribution < -0.4 is 0 Å². The zero-order valence-corrected chi connectivity index (χ0v) is 9.79. The first-order valence-corrected chi connectivity index (χ1v) is 6.03. The summed E-state index contributed by atoms with van der Waals surface area (Å²) in [6, 6.07) is 0. The molecule has 1 unspecified atom stereocenters. The maximum absolute atomic E-state index is 12.3. The van der Waals surface area contributed by atoms with Crippen molar-refractivity contribution in [2.75, 3.05) is 26.2 Å². The minimum atomic E-state index is -4.50. The molecule has 0 spiro atoms. The lowest BCUT2D eigenvalue weighted by Crippen LogP contribution is -2.43. The van der Waals surface area contributed by atoms with E-state index in [0.717, 1.165) is 19.4 Å². The Morgan fingerprint density at radius 1 is 1.18 bits per heavy atom. The lowest BCUT2D eigenvalue weighted by Gasteiger charge is -2.34. The van der Waals surface area contributed by atoms with Crippen molar-refractivity contribution in [1.82, 2.24) is 4.90 Å². The van der Waals surface area contributed by atoms with Gasteiger partial charge in [-0.05, 0) is 51.2 Å². The number of unbranched alkanes of at least 4 members (excludes halogenated alkanes) is 1. The number of nitrogens with zero attached hydrogens (tertiary/aromatic N) is 1. The van der Waals surface area contributed by atoms with E-state index in [1.165, 1.54) is 0 Å². The summed E-state index contributed by atoms with van der Waals surface area (Å²) < 4.78 is 36.9. The molecule has 3 nitrogen and oxygen atoms in total. The Kier molecular flexibility index (Phi) is 5.69. The molecule has 1 fully saturated rings. The summed E-state index contributed by atoms with van der Waals surface area (Å²) in [4.78, 5) is 2.09. The first-order chi connectivity index (χ1) is 7.95. The van der Waals surface area contributed by atoms with E-state index in [1.54, 1.807) is 0 Å². The normalized spacial score (nSPS) is 21.7. The van der Waals surface area contributed by atoms with Crippen LogP contribution >= 0.6 is 0 Å². The Balaban J connectivity index is 2.26. The van der Waals surface area contributed by atoms with Crippen LogP contribution in [0.5, 0.6) is 0 Å². The molecular weight excluding hydrogens is 235 g/mol. The highest BCUT2D eigenvalue weighted by Gasteiger charge is 2.43. The quantitative estimate of drug-likeness (QED) is 0.730. The van der Waals surface area contributed by atoms with Gasteiger partial charge in [0.2, 0.25) is 0 Å². The summed E-state index contributed by atoms with van der Waals surface area (Å²) in [6.45, 7) is 2.17. The zero-order chi connectivity index (χ0) is 12.9. The number of aliphatic hydroxyl groups is 2. The number of rotatable bonds is 5. The van der Waals surface area contributed by atoms with Crippen LogP contribution in [0.4, 0.5) is 13.2 Å². The number of aliphatic hydroxyl groups excluding tert-OH is 2. The second-order valence-corrected chi connectivity index (χ2v) is 4.60. The summed E-state index contributed by atoms with van der Waals surface area (Å²) in [5.41, 5.74) is 0. The van der Waals surface area contributed by atoms with Gasteiger partial charge in [0, 0.05) is 6.61 Å². The maximum Gasteiger partial charge on any atom is 0.414 e. The SMILES string of the molecule is OCCCCN1CCC(C(O)C(F)(F)F)CC1. The van der Waals surface area contributed by atoms with E-state index in [2.05, 4.69) is 4.90 Å². The van der Waals surface area contributed by atoms with Crippen LogP contribution in [0.25, 0.3) is 0 Å². The highest BCUT2D eigenvalue weighted by Crippen LogP contribution is 2.31. The van der Waals surface area contributed by atoms with Crippen molar-refractivity contribution in [3.8, 4) is 0 Å². The number of likely N-dealkylation sites (tertiary alicyclic amines) is 1. The first-order valence-electron chi connectivity index (χ1n) is 6.03. The molecule has 0 bridgehead atoms. The fourth-order valence-electron chi connectivity index (χ4n) is 2.21. The van der Waals surface area contributed by atoms with Gasteiger partial charge in [0.25, 0.3) is 0 Å². The standard InChI is InChI=1S/C11H20F3NO2/c12-11(13,14)10(17)9-3-6-15(7-4-9)5-1-2-8-16/h9-10,16-17H,1-8H2. The van der Waals surface area contributed by atoms with Gasteiger partial charge < -0.3 is 15.1 Å². The van der Waals surface area contributed by atoms with Gasteiger partial charge in [0.1, 0.15) is 0 Å². The topological polar surface area (TPSA) is 43.7 Å². The second kappa shape index (κ2) is 6.56. The van der Waals surface area contributed by atoms with E-state index in [1.807, 2.05) is 0 Å². The van der Waals surface area contributed by atoms with Gasteiger partial charge >= 0.3 is 6.18 Å². The highest BCUT2D eigenvalue weighted by molar-refractivity contribution is 4.81. The van der Waals surface area contributed by atoms with E-state index in [0.29, 0.717) is 25.9 Å². The molecule has 0 aliphatic carbocycles. The largest absolute Gasteiger partial charge is 0.414 e. The molecule has 0 aromatic heterocycles. The molecule has 1 rings (SSSR count). The van der Waals surface area contributed by atoms with Crippen LogP contribution in [-0.4, -0.2) is 53.6 Å². The summed E-state index contributed by atoms with van der Waals surface area (Å²) in [5.74, 6) is -0.663. The van der Waals surface area contributed by atoms with Crippen molar-refractivity contribution in [2.24, 2.45) is 5.92 Å². The third kappa shape index (κ3) is 4.81. The summed E-state index contributed by atoms with van der Waals surface area (Å²) in [7, 11) is 0. The molecule has 0 radical (unpaired) electrons. The van der Waals surface area contributed by atoms with E-state index < -0.39 is 18.2 Å². The molecular formula is C11H20F3NO2. The predicted molar refractivity (Wildman–Crippen MR) is 57.5 cm³/mol. The van der Waals surface area contributed by atoms with Gasteiger partial charge in [-0.2, -0.15) is 13.2 Å². The second-order valence-electron chi connectivity index (χ2n) is 4.60. The van der Waals surface area contributed by atoms with Crippen molar-refractivity contribution in [1.29, 1.82) is 0 Å². The number of hydrogen-bond acceptors (Lipinski definition) is 3. The Labute approximate surface area is 99.2 Å². The number of alkyl halides is 3. The van der Waals surface area contributed by atoms with E-state index in [9.17, 15) is 13.2 Å². The van der Waals surface area contributed by atoms with Crippen molar-refractivity contribution in [3.63, 3.8) is 0 Å². The van der Waals surface area contributed by atoms with E-state index in [-0.39, 0.29) is 6.61 Å². The van der Waals surface area contributed by atoms with Gasteiger partial charge in [0.05, 0.1) is 0 Å². The van der Waals surface area contributed by atoms with Crippen LogP contribution in [0.2, 0.25) is 0 Å². The molecule has 0 aromatic carbocycles. The lowest BCUT2D eigenvalue weighted by molar-refractivity contribution is -0.223. The van der Waals surface area contributed by atoms with Crippen molar-refractivity contribution < 1.29 is 23.4 Å². The molecule has 0 saturated carbocycles. The zero-order valence-electron chi connectivity index (χ0n) is 9.79. The smallest absolute Gasteiger partial charge is 0.396 e. The van der Waals surface area contributed by atoms with Gasteiger partial charge in [-0.1, -0.05) is 0 Å². The first kappa shape index (κ1) is 14.7. The molecule has 1 atom stereocenters. The fraction of sp³-hybridized carbons (Fsp3) is 1.00. The fourth-order valence-corrected chi connectivity index (χ4v) is 2.21. The molecule has 1 saturated heterocycles. The van der Waals surface area contributed by atoms with Crippen LogP contribution in [0.1, 0.15) is 25.7 Å². The highest BCUT2D eigenvalue weighted by atomic mass is 19.4. The average Bonchev–Trinajstić information content (AvgIpc) is 2.28. The Hall–Kier alpha value is -0.330. The molecule has 0 aromatic rings. The summed E-state index contributed by atoms with van der Waals surface area (Å²) in [5, 5.41) is 17.8. The monoisotopic (exact) mass is 255 g/mol. The van der Waals surface area contributed by atoms with Gasteiger partial charge in [-0.25, -0.2) is 0 Å².